The third-order valence-electron chi connectivity index (χ3n) is 6.08. The van der Waals surface area contributed by atoms with Crippen molar-refractivity contribution in [1.29, 1.82) is 0 Å². The van der Waals surface area contributed by atoms with Gasteiger partial charge in [-0.1, -0.05) is 46.5 Å². The van der Waals surface area contributed by atoms with Gasteiger partial charge in [0, 0.05) is 50.4 Å². The molecule has 1 aliphatic heterocycles. The zero-order chi connectivity index (χ0) is 20.9. The summed E-state index contributed by atoms with van der Waals surface area (Å²) in [5, 5.41) is 3.03. The van der Waals surface area contributed by atoms with Gasteiger partial charge in [0.2, 0.25) is 11.8 Å². The summed E-state index contributed by atoms with van der Waals surface area (Å²) in [6.07, 6.45) is 7.47. The van der Waals surface area contributed by atoms with Gasteiger partial charge in [-0.05, 0) is 42.0 Å². The molecule has 5 nitrogen and oxygen atoms in total. The lowest BCUT2D eigenvalue weighted by Crippen LogP contribution is -2.49. The molecule has 2 amide bonds. The van der Waals surface area contributed by atoms with Crippen LogP contribution in [-0.4, -0.2) is 42.9 Å². The number of anilines is 2. The normalized spacial score (nSPS) is 18.2. The average molecular weight is 400 g/mol. The maximum atomic E-state index is 12.4. The van der Waals surface area contributed by atoms with E-state index in [0.717, 1.165) is 49.9 Å². The Balaban J connectivity index is 1.43. The van der Waals surface area contributed by atoms with E-state index < -0.39 is 0 Å². The molecule has 1 aromatic carbocycles. The molecule has 29 heavy (non-hydrogen) atoms. The molecule has 1 N–H and O–H groups in total. The molecule has 0 unspecified atom stereocenters. The van der Waals surface area contributed by atoms with Gasteiger partial charge in [-0.2, -0.15) is 0 Å². The molecule has 1 aliphatic carbocycles. The maximum Gasteiger partial charge on any atom is 0.224 e. The van der Waals surface area contributed by atoms with Gasteiger partial charge in [-0.15, -0.1) is 0 Å². The zero-order valence-electron chi connectivity index (χ0n) is 18.4. The Morgan fingerprint density at radius 1 is 1.00 bits per heavy atom. The van der Waals surface area contributed by atoms with Crippen LogP contribution in [0.1, 0.15) is 65.7 Å². The smallest absolute Gasteiger partial charge is 0.224 e. The van der Waals surface area contributed by atoms with Crippen molar-refractivity contribution in [2.45, 2.75) is 65.7 Å². The fourth-order valence-corrected chi connectivity index (χ4v) is 4.39. The fraction of sp³-hybridized carbons (Fsp3) is 0.667. The van der Waals surface area contributed by atoms with Crippen molar-refractivity contribution < 1.29 is 9.59 Å². The number of hydrogen-bond donors (Lipinski definition) is 1. The summed E-state index contributed by atoms with van der Waals surface area (Å²) < 4.78 is 0. The van der Waals surface area contributed by atoms with E-state index in [1.807, 2.05) is 17.0 Å². The highest BCUT2D eigenvalue weighted by Gasteiger charge is 2.25. The highest BCUT2D eigenvalue weighted by molar-refractivity contribution is 5.90. The van der Waals surface area contributed by atoms with Crippen molar-refractivity contribution in [3.05, 3.63) is 24.3 Å². The van der Waals surface area contributed by atoms with Gasteiger partial charge in [0.05, 0.1) is 0 Å². The molecular weight excluding hydrogens is 362 g/mol. The molecule has 1 aromatic rings. The largest absolute Gasteiger partial charge is 0.368 e. The second kappa shape index (κ2) is 9.64. The van der Waals surface area contributed by atoms with Crippen LogP contribution in [0.3, 0.4) is 0 Å². The number of carbonyl (C=O) groups excluding carboxylic acids is 2. The second-order valence-corrected chi connectivity index (χ2v) is 9.89. The van der Waals surface area contributed by atoms with Gasteiger partial charge < -0.3 is 15.1 Å². The monoisotopic (exact) mass is 399 g/mol. The van der Waals surface area contributed by atoms with Crippen LogP contribution >= 0.6 is 0 Å². The minimum Gasteiger partial charge on any atom is -0.368 e. The molecule has 2 fully saturated rings. The molecular formula is C24H37N3O2. The first-order chi connectivity index (χ1) is 13.8. The van der Waals surface area contributed by atoms with Crippen LogP contribution in [0, 0.1) is 11.3 Å². The van der Waals surface area contributed by atoms with Gasteiger partial charge in [-0.25, -0.2) is 0 Å². The highest BCUT2D eigenvalue weighted by Crippen LogP contribution is 2.28. The number of amides is 2. The number of nitrogens with one attached hydrogen (secondary N) is 1. The molecule has 0 bridgehead atoms. The van der Waals surface area contributed by atoms with Gasteiger partial charge >= 0.3 is 0 Å². The highest BCUT2D eigenvalue weighted by atomic mass is 16.2. The third kappa shape index (κ3) is 6.76. The van der Waals surface area contributed by atoms with E-state index in [2.05, 4.69) is 43.1 Å². The molecule has 1 saturated heterocycles. The summed E-state index contributed by atoms with van der Waals surface area (Å²) in [7, 11) is 0. The number of hydrogen-bond acceptors (Lipinski definition) is 3. The quantitative estimate of drug-likeness (QED) is 0.756. The van der Waals surface area contributed by atoms with Crippen LogP contribution in [0.2, 0.25) is 0 Å². The summed E-state index contributed by atoms with van der Waals surface area (Å²) >= 11 is 0. The van der Waals surface area contributed by atoms with Gasteiger partial charge in [0.25, 0.3) is 0 Å². The Labute approximate surface area is 175 Å². The van der Waals surface area contributed by atoms with Crippen LogP contribution in [0.25, 0.3) is 0 Å². The lowest BCUT2D eigenvalue weighted by atomic mass is 9.91. The SMILES string of the molecule is CC(C)(C)CC(=O)N1CCN(c2ccc(NC(=O)CCC3CCCC3)cc2)CC1. The predicted molar refractivity (Wildman–Crippen MR) is 119 cm³/mol. The number of benzene rings is 1. The molecule has 0 aromatic heterocycles. The number of piperazine rings is 1. The molecule has 0 radical (unpaired) electrons. The molecule has 5 heteroatoms. The van der Waals surface area contributed by atoms with Crippen LogP contribution < -0.4 is 10.2 Å². The summed E-state index contributed by atoms with van der Waals surface area (Å²) in [6.45, 7) is 9.57. The topological polar surface area (TPSA) is 52.7 Å². The first-order valence-corrected chi connectivity index (χ1v) is 11.2. The molecule has 0 atom stereocenters. The van der Waals surface area contributed by atoms with Gasteiger partial charge in [0.1, 0.15) is 0 Å². The molecule has 2 aliphatic rings. The minimum atomic E-state index is 0.0333. The molecule has 1 saturated carbocycles. The molecule has 3 rings (SSSR count). The summed E-state index contributed by atoms with van der Waals surface area (Å²) in [4.78, 5) is 28.9. The van der Waals surface area contributed by atoms with Gasteiger partial charge in [-0.3, -0.25) is 9.59 Å². The summed E-state index contributed by atoms with van der Waals surface area (Å²) in [5.74, 6) is 1.13. The number of carbonyl (C=O) groups is 2. The Hall–Kier alpha value is -2.04. The number of rotatable bonds is 6. The Morgan fingerprint density at radius 3 is 2.21 bits per heavy atom. The van der Waals surface area contributed by atoms with E-state index in [1.165, 1.54) is 25.7 Å². The summed E-state index contributed by atoms with van der Waals surface area (Å²) in [6, 6.07) is 8.11. The molecule has 160 valence electrons. The average Bonchev–Trinajstić information content (AvgIpc) is 3.19. The van der Waals surface area contributed by atoms with E-state index in [-0.39, 0.29) is 17.2 Å². The van der Waals surface area contributed by atoms with Gasteiger partial charge in [0.15, 0.2) is 0 Å². The lowest BCUT2D eigenvalue weighted by molar-refractivity contribution is -0.133. The van der Waals surface area contributed by atoms with E-state index in [0.29, 0.717) is 12.8 Å². The van der Waals surface area contributed by atoms with Crippen molar-refractivity contribution in [2.24, 2.45) is 11.3 Å². The second-order valence-electron chi connectivity index (χ2n) is 9.89. The minimum absolute atomic E-state index is 0.0333. The van der Waals surface area contributed by atoms with Crippen LogP contribution in [-0.2, 0) is 9.59 Å². The lowest BCUT2D eigenvalue weighted by Gasteiger charge is -2.37. The van der Waals surface area contributed by atoms with Crippen LogP contribution in [0.15, 0.2) is 24.3 Å². The Bertz CT molecular complexity index is 679. The van der Waals surface area contributed by atoms with E-state index in [4.69, 9.17) is 0 Å². The van der Waals surface area contributed by atoms with E-state index in [1.54, 1.807) is 0 Å². The molecule has 1 heterocycles. The van der Waals surface area contributed by atoms with E-state index in [9.17, 15) is 9.59 Å². The fourth-order valence-electron chi connectivity index (χ4n) is 4.39. The first-order valence-electron chi connectivity index (χ1n) is 11.2. The Morgan fingerprint density at radius 2 is 1.62 bits per heavy atom. The molecule has 0 spiro atoms. The third-order valence-corrected chi connectivity index (χ3v) is 6.08. The maximum absolute atomic E-state index is 12.4. The van der Waals surface area contributed by atoms with Crippen LogP contribution in [0.4, 0.5) is 11.4 Å². The Kier molecular flexibility index (Phi) is 7.20. The standard InChI is InChI=1S/C24H37N3O2/c1-24(2,3)18-23(29)27-16-14-26(15-17-27)21-11-9-20(10-12-21)25-22(28)13-8-19-6-4-5-7-19/h9-12,19H,4-8,13-18H2,1-3H3,(H,25,28). The number of nitrogens with zero attached hydrogens (tertiary/aromatic N) is 2. The van der Waals surface area contributed by atoms with Crippen molar-refractivity contribution in [2.75, 3.05) is 36.4 Å². The first kappa shape index (κ1) is 21.7. The van der Waals surface area contributed by atoms with Crippen molar-refractivity contribution in [3.63, 3.8) is 0 Å². The van der Waals surface area contributed by atoms with Crippen molar-refractivity contribution >= 4 is 23.2 Å². The van der Waals surface area contributed by atoms with Crippen molar-refractivity contribution in [3.8, 4) is 0 Å². The van der Waals surface area contributed by atoms with Crippen LogP contribution in [0.5, 0.6) is 0 Å². The predicted octanol–water partition coefficient (Wildman–Crippen LogP) is 4.68. The van der Waals surface area contributed by atoms with Crippen molar-refractivity contribution in [1.82, 2.24) is 4.90 Å². The zero-order valence-corrected chi connectivity index (χ0v) is 18.4. The summed E-state index contributed by atoms with van der Waals surface area (Å²) in [5.41, 5.74) is 2.05. The van der Waals surface area contributed by atoms with E-state index >= 15 is 0 Å².